The third kappa shape index (κ3) is 6.11. The number of phenolic OH excluding ortho intramolecular Hbond substituents is 1. The number of aromatic nitrogens is 2. The number of carbonyl (C=O) groups is 2. The summed E-state index contributed by atoms with van der Waals surface area (Å²) in [6, 6.07) is 19.5. The Morgan fingerprint density at radius 3 is 2.46 bits per heavy atom. The van der Waals surface area contributed by atoms with Crippen molar-refractivity contribution in [1.82, 2.24) is 15.1 Å². The number of phenols is 1. The van der Waals surface area contributed by atoms with Crippen LogP contribution in [0.2, 0.25) is 0 Å². The molecule has 0 bridgehead atoms. The molecule has 0 aliphatic heterocycles. The van der Waals surface area contributed by atoms with Crippen LogP contribution in [0.5, 0.6) is 5.75 Å². The smallest absolute Gasteiger partial charge is 0.416 e. The Balaban J connectivity index is 1.34. The molecule has 0 atom stereocenters. The molecule has 2 amide bonds. The van der Waals surface area contributed by atoms with Crippen molar-refractivity contribution in [3.63, 3.8) is 0 Å². The van der Waals surface area contributed by atoms with E-state index >= 15 is 0 Å². The van der Waals surface area contributed by atoms with Crippen molar-refractivity contribution in [2.45, 2.75) is 31.4 Å². The van der Waals surface area contributed by atoms with Crippen LogP contribution in [-0.4, -0.2) is 33.4 Å². The van der Waals surface area contributed by atoms with Gasteiger partial charge in [0.1, 0.15) is 5.75 Å². The number of hydrogen-bond donors (Lipinski definition) is 3. The third-order valence-corrected chi connectivity index (χ3v) is 6.44. The fourth-order valence-corrected chi connectivity index (χ4v) is 4.25. The van der Waals surface area contributed by atoms with E-state index in [2.05, 4.69) is 15.7 Å². The van der Waals surface area contributed by atoms with Crippen LogP contribution in [0, 0.1) is 0 Å². The first-order valence-corrected chi connectivity index (χ1v) is 12.4. The van der Waals surface area contributed by atoms with Crippen molar-refractivity contribution in [2.24, 2.45) is 0 Å². The zero-order valence-electron chi connectivity index (χ0n) is 20.7. The summed E-state index contributed by atoms with van der Waals surface area (Å²) >= 11 is 0. The normalized spacial score (nSPS) is 13.2. The van der Waals surface area contributed by atoms with Gasteiger partial charge in [0, 0.05) is 29.3 Å². The lowest BCUT2D eigenvalue weighted by Crippen LogP contribution is -2.32. The van der Waals surface area contributed by atoms with E-state index in [1.165, 1.54) is 28.9 Å². The van der Waals surface area contributed by atoms with E-state index < -0.39 is 17.6 Å². The van der Waals surface area contributed by atoms with E-state index in [0.717, 1.165) is 42.3 Å². The van der Waals surface area contributed by atoms with E-state index in [1.54, 1.807) is 6.07 Å². The van der Waals surface area contributed by atoms with Gasteiger partial charge in [0.2, 0.25) is 0 Å². The van der Waals surface area contributed by atoms with Gasteiger partial charge in [-0.3, -0.25) is 4.79 Å². The van der Waals surface area contributed by atoms with E-state index in [1.807, 2.05) is 30.3 Å². The highest BCUT2D eigenvalue weighted by Crippen LogP contribution is 2.42. The van der Waals surface area contributed by atoms with Crippen molar-refractivity contribution in [3.05, 3.63) is 101 Å². The monoisotopic (exact) mass is 534 g/mol. The second-order valence-electron chi connectivity index (χ2n) is 9.37. The maximum absolute atomic E-state index is 13.0. The summed E-state index contributed by atoms with van der Waals surface area (Å²) < 4.78 is 40.4. The minimum atomic E-state index is -4.58. The van der Waals surface area contributed by atoms with E-state index in [-0.39, 0.29) is 34.5 Å². The van der Waals surface area contributed by atoms with Gasteiger partial charge in [0.15, 0.2) is 0 Å². The average molecular weight is 535 g/mol. The van der Waals surface area contributed by atoms with Crippen molar-refractivity contribution in [1.29, 1.82) is 0 Å². The van der Waals surface area contributed by atoms with Crippen LogP contribution < -0.4 is 10.6 Å². The minimum absolute atomic E-state index is 0.122. The molecule has 4 aromatic rings. The fourth-order valence-electron chi connectivity index (χ4n) is 4.25. The van der Waals surface area contributed by atoms with Gasteiger partial charge in [-0.1, -0.05) is 36.4 Å². The Morgan fingerprint density at radius 2 is 1.74 bits per heavy atom. The van der Waals surface area contributed by atoms with Gasteiger partial charge in [-0.25, -0.2) is 4.79 Å². The standard InChI is InChI=1S/C29H25F3N4O3/c30-29(31,32)21-8-4-7-20(15-21)27(38)34-22-11-12-26(37)23(16-22)24-17-25(19-9-10-19)36(35-24)28(39)33-14-13-18-5-2-1-3-6-18/h1-8,11-12,15-17,19,37H,9-10,13-14H2,(H,33,39)(H,34,38). The molecule has 10 heteroatoms. The number of amides is 2. The molecule has 3 aromatic carbocycles. The molecule has 39 heavy (non-hydrogen) atoms. The summed E-state index contributed by atoms with van der Waals surface area (Å²) in [5.41, 5.74) is 1.58. The highest BCUT2D eigenvalue weighted by atomic mass is 19.4. The first-order valence-electron chi connectivity index (χ1n) is 12.4. The lowest BCUT2D eigenvalue weighted by atomic mass is 10.1. The molecular formula is C29H25F3N4O3. The number of aromatic hydroxyl groups is 1. The van der Waals surface area contributed by atoms with Crippen molar-refractivity contribution in [2.75, 3.05) is 11.9 Å². The zero-order valence-corrected chi connectivity index (χ0v) is 20.7. The Bertz CT molecular complexity index is 1510. The SMILES string of the molecule is O=C(Nc1ccc(O)c(-c2cc(C3CC3)n(C(=O)NCCc3ccccc3)n2)c1)c1cccc(C(F)(F)F)c1. The Kier molecular flexibility index (Phi) is 7.10. The van der Waals surface area contributed by atoms with Crippen molar-refractivity contribution < 1.29 is 27.9 Å². The predicted molar refractivity (Wildman–Crippen MR) is 140 cm³/mol. The number of benzene rings is 3. The van der Waals surface area contributed by atoms with Crippen LogP contribution in [0.15, 0.2) is 78.9 Å². The molecule has 1 heterocycles. The second kappa shape index (κ2) is 10.6. The quantitative estimate of drug-likeness (QED) is 0.246. The molecule has 1 aromatic heterocycles. The molecule has 0 saturated heterocycles. The fraction of sp³-hybridized carbons (Fsp3) is 0.207. The van der Waals surface area contributed by atoms with Crippen LogP contribution in [0.25, 0.3) is 11.3 Å². The summed E-state index contributed by atoms with van der Waals surface area (Å²) in [5, 5.41) is 20.4. The molecular weight excluding hydrogens is 509 g/mol. The van der Waals surface area contributed by atoms with E-state index in [9.17, 15) is 27.9 Å². The third-order valence-electron chi connectivity index (χ3n) is 6.44. The lowest BCUT2D eigenvalue weighted by Gasteiger charge is -2.10. The first kappa shape index (κ1) is 26.0. The highest BCUT2D eigenvalue weighted by Gasteiger charge is 2.32. The summed E-state index contributed by atoms with van der Waals surface area (Å²) in [6.45, 7) is 0.421. The summed E-state index contributed by atoms with van der Waals surface area (Å²) in [7, 11) is 0. The Hall–Kier alpha value is -4.60. The Morgan fingerprint density at radius 1 is 0.974 bits per heavy atom. The van der Waals surface area contributed by atoms with E-state index in [4.69, 9.17) is 0 Å². The number of carbonyl (C=O) groups excluding carboxylic acids is 2. The number of alkyl halides is 3. The van der Waals surface area contributed by atoms with Crippen LogP contribution in [0.4, 0.5) is 23.7 Å². The van der Waals surface area contributed by atoms with E-state index in [0.29, 0.717) is 18.7 Å². The maximum Gasteiger partial charge on any atom is 0.416 e. The number of halogens is 3. The number of hydrogen-bond acceptors (Lipinski definition) is 4. The molecule has 0 spiro atoms. The van der Waals surface area contributed by atoms with Gasteiger partial charge >= 0.3 is 12.2 Å². The second-order valence-corrected chi connectivity index (χ2v) is 9.37. The maximum atomic E-state index is 13.0. The molecule has 1 fully saturated rings. The van der Waals surface area contributed by atoms with Gasteiger partial charge in [-0.05, 0) is 67.3 Å². The topological polar surface area (TPSA) is 96.2 Å². The van der Waals surface area contributed by atoms with Gasteiger partial charge < -0.3 is 15.7 Å². The molecule has 5 rings (SSSR count). The largest absolute Gasteiger partial charge is 0.507 e. The first-order chi connectivity index (χ1) is 18.7. The molecule has 200 valence electrons. The molecule has 7 nitrogen and oxygen atoms in total. The van der Waals surface area contributed by atoms with Gasteiger partial charge in [-0.15, -0.1) is 0 Å². The zero-order chi connectivity index (χ0) is 27.6. The molecule has 1 aliphatic rings. The van der Waals surface area contributed by atoms with Crippen LogP contribution in [0.3, 0.4) is 0 Å². The summed E-state index contributed by atoms with van der Waals surface area (Å²) in [5.74, 6) is -0.680. The van der Waals surface area contributed by atoms with Crippen LogP contribution in [0.1, 0.15) is 45.9 Å². The van der Waals surface area contributed by atoms with Crippen LogP contribution >= 0.6 is 0 Å². The highest BCUT2D eigenvalue weighted by molar-refractivity contribution is 6.04. The molecule has 1 saturated carbocycles. The summed E-state index contributed by atoms with van der Waals surface area (Å²) in [6.07, 6.45) is -2.08. The lowest BCUT2D eigenvalue weighted by molar-refractivity contribution is -0.137. The Labute approximate surface area is 222 Å². The van der Waals surface area contributed by atoms with Gasteiger partial charge in [0.05, 0.1) is 17.0 Å². The van der Waals surface area contributed by atoms with Crippen molar-refractivity contribution >= 4 is 17.6 Å². The van der Waals surface area contributed by atoms with Crippen molar-refractivity contribution in [3.8, 4) is 17.0 Å². The number of rotatable bonds is 7. The molecule has 3 N–H and O–H groups in total. The number of nitrogens with one attached hydrogen (secondary N) is 2. The van der Waals surface area contributed by atoms with Crippen LogP contribution in [-0.2, 0) is 12.6 Å². The average Bonchev–Trinajstić information content (AvgIpc) is 3.68. The molecule has 1 aliphatic carbocycles. The molecule has 0 unspecified atom stereocenters. The minimum Gasteiger partial charge on any atom is -0.507 e. The summed E-state index contributed by atoms with van der Waals surface area (Å²) in [4.78, 5) is 25.6. The number of nitrogens with zero attached hydrogens (tertiary/aromatic N) is 2. The number of anilines is 1. The predicted octanol–water partition coefficient (Wildman–Crippen LogP) is 6.20. The van der Waals surface area contributed by atoms with Gasteiger partial charge in [0.25, 0.3) is 5.91 Å². The van der Waals surface area contributed by atoms with Gasteiger partial charge in [-0.2, -0.15) is 23.0 Å². The molecule has 0 radical (unpaired) electrons.